The quantitative estimate of drug-likeness (QED) is 0.632. The van der Waals surface area contributed by atoms with Crippen LogP contribution in [-0.4, -0.2) is 32.3 Å². The molecule has 124 valence electrons. The Kier molecular flexibility index (Phi) is 5.26. The van der Waals surface area contributed by atoms with Gasteiger partial charge in [-0.25, -0.2) is 0 Å². The first-order chi connectivity index (χ1) is 10.8. The van der Waals surface area contributed by atoms with E-state index in [9.17, 15) is 22.8 Å². The first kappa shape index (κ1) is 17.3. The van der Waals surface area contributed by atoms with Crippen LogP contribution in [0.25, 0.3) is 0 Å². The molecule has 0 aliphatic carbocycles. The Morgan fingerprint density at radius 2 is 2.09 bits per heavy atom. The summed E-state index contributed by atoms with van der Waals surface area (Å²) in [5.74, 6) is -2.44. The second-order valence-corrected chi connectivity index (χ2v) is 6.02. The number of aromatic nitrogens is 3. The molecule has 2 aromatic heterocycles. The van der Waals surface area contributed by atoms with E-state index in [1.54, 1.807) is 17.5 Å². The lowest BCUT2D eigenvalue weighted by atomic mass is 10.4. The lowest BCUT2D eigenvalue weighted by molar-refractivity contribution is -0.147. The van der Waals surface area contributed by atoms with E-state index in [-0.39, 0.29) is 10.9 Å². The number of carbonyl (C=O) groups excluding carboxylic acids is 2. The van der Waals surface area contributed by atoms with Crippen molar-refractivity contribution in [2.45, 2.75) is 11.3 Å². The molecule has 0 aliphatic heterocycles. The highest BCUT2D eigenvalue weighted by atomic mass is 32.2. The van der Waals surface area contributed by atoms with Gasteiger partial charge < -0.3 is 4.57 Å². The summed E-state index contributed by atoms with van der Waals surface area (Å²) < 4.78 is 38.4. The maximum Gasteiger partial charge on any atom is 0.451 e. The molecule has 12 heteroatoms. The molecule has 0 bridgehead atoms. The molecule has 0 saturated carbocycles. The van der Waals surface area contributed by atoms with Gasteiger partial charge in [0.2, 0.25) is 11.7 Å². The summed E-state index contributed by atoms with van der Waals surface area (Å²) in [6.45, 7) is 0. The van der Waals surface area contributed by atoms with Gasteiger partial charge in [0, 0.05) is 7.05 Å². The summed E-state index contributed by atoms with van der Waals surface area (Å²) >= 11 is 1.97. The molecule has 0 aromatic carbocycles. The second-order valence-electron chi connectivity index (χ2n) is 4.13. The Hall–Kier alpha value is -2.08. The molecule has 0 aliphatic rings. The predicted molar refractivity (Wildman–Crippen MR) is 76.7 cm³/mol. The Balaban J connectivity index is 1.83. The van der Waals surface area contributed by atoms with Crippen LogP contribution >= 0.6 is 23.1 Å². The molecule has 2 N–H and O–H groups in total. The van der Waals surface area contributed by atoms with Gasteiger partial charge in [-0.3, -0.25) is 20.4 Å². The number of amides is 2. The summed E-state index contributed by atoms with van der Waals surface area (Å²) in [5, 5.41) is 8.07. The van der Waals surface area contributed by atoms with Crippen molar-refractivity contribution in [1.82, 2.24) is 25.6 Å². The van der Waals surface area contributed by atoms with E-state index in [0.29, 0.717) is 4.88 Å². The molecule has 0 fully saturated rings. The Labute approximate surface area is 136 Å². The van der Waals surface area contributed by atoms with Crippen LogP contribution in [0, 0.1) is 0 Å². The smallest absolute Gasteiger partial charge is 0.302 e. The van der Waals surface area contributed by atoms with Gasteiger partial charge in [0.05, 0.1) is 10.6 Å². The molecule has 0 unspecified atom stereocenters. The lowest BCUT2D eigenvalue weighted by Gasteiger charge is -2.07. The fourth-order valence-electron chi connectivity index (χ4n) is 1.45. The summed E-state index contributed by atoms with van der Waals surface area (Å²) in [7, 11) is 1.15. The maximum atomic E-state index is 12.5. The zero-order valence-corrected chi connectivity index (χ0v) is 13.2. The average Bonchev–Trinajstić information content (AvgIpc) is 3.11. The number of hydrogen-bond acceptors (Lipinski definition) is 6. The largest absolute Gasteiger partial charge is 0.451 e. The van der Waals surface area contributed by atoms with Crippen molar-refractivity contribution in [3.63, 3.8) is 0 Å². The minimum absolute atomic E-state index is 0.0583. The van der Waals surface area contributed by atoms with E-state index in [1.807, 2.05) is 0 Å². The van der Waals surface area contributed by atoms with Gasteiger partial charge in [-0.2, -0.15) is 13.2 Å². The molecule has 0 radical (unpaired) electrons. The van der Waals surface area contributed by atoms with Crippen molar-refractivity contribution in [3.05, 3.63) is 28.2 Å². The minimum Gasteiger partial charge on any atom is -0.302 e. The molecule has 0 spiro atoms. The zero-order chi connectivity index (χ0) is 17.0. The van der Waals surface area contributed by atoms with E-state index in [2.05, 4.69) is 21.0 Å². The summed E-state index contributed by atoms with van der Waals surface area (Å²) in [5.41, 5.74) is 4.37. The van der Waals surface area contributed by atoms with Gasteiger partial charge in [-0.1, -0.05) is 17.8 Å². The van der Waals surface area contributed by atoms with E-state index >= 15 is 0 Å². The maximum absolute atomic E-state index is 12.5. The molecular formula is C11H10F3N5O2S2. The molecule has 2 heterocycles. The molecule has 0 saturated heterocycles. The summed E-state index contributed by atoms with van der Waals surface area (Å²) in [4.78, 5) is 23.6. The van der Waals surface area contributed by atoms with Gasteiger partial charge in [-0.15, -0.1) is 21.5 Å². The number of thioether (sulfide) groups is 1. The predicted octanol–water partition coefficient (Wildman–Crippen LogP) is 1.45. The number of halogens is 3. The molecule has 2 rings (SSSR count). The third-order valence-electron chi connectivity index (χ3n) is 2.48. The molecule has 0 atom stereocenters. The SMILES string of the molecule is Cn1c(SCC(=O)NNC(=O)c2cccs2)nnc1C(F)(F)F. The fourth-order valence-corrected chi connectivity index (χ4v) is 2.78. The fraction of sp³-hybridized carbons (Fsp3) is 0.273. The lowest BCUT2D eigenvalue weighted by Crippen LogP contribution is -2.42. The summed E-state index contributed by atoms with van der Waals surface area (Å²) in [6, 6.07) is 3.27. The van der Waals surface area contributed by atoms with E-state index in [1.165, 1.54) is 11.3 Å². The number of carbonyl (C=O) groups is 2. The highest BCUT2D eigenvalue weighted by Crippen LogP contribution is 2.29. The zero-order valence-electron chi connectivity index (χ0n) is 11.5. The van der Waals surface area contributed by atoms with Crippen LogP contribution in [-0.2, 0) is 18.0 Å². The standard InChI is InChI=1S/C11H10F3N5O2S2/c1-19-9(11(12,13)14)17-18-10(19)23-5-7(20)15-16-8(21)6-3-2-4-22-6/h2-4H,5H2,1H3,(H,15,20)(H,16,21). The number of hydrazine groups is 1. The number of rotatable bonds is 4. The molecule has 2 amide bonds. The topological polar surface area (TPSA) is 88.9 Å². The highest BCUT2D eigenvalue weighted by molar-refractivity contribution is 7.99. The monoisotopic (exact) mass is 365 g/mol. The van der Waals surface area contributed by atoms with Gasteiger partial charge in [0.25, 0.3) is 5.91 Å². The van der Waals surface area contributed by atoms with Gasteiger partial charge in [0.15, 0.2) is 5.16 Å². The molecular weight excluding hydrogens is 355 g/mol. The van der Waals surface area contributed by atoms with Crippen LogP contribution in [0.4, 0.5) is 13.2 Å². The van der Waals surface area contributed by atoms with Crippen LogP contribution in [0.5, 0.6) is 0 Å². The molecule has 23 heavy (non-hydrogen) atoms. The number of nitrogens with one attached hydrogen (secondary N) is 2. The third-order valence-corrected chi connectivity index (χ3v) is 4.37. The van der Waals surface area contributed by atoms with Crippen molar-refractivity contribution in [1.29, 1.82) is 0 Å². The average molecular weight is 365 g/mol. The van der Waals surface area contributed by atoms with E-state index in [0.717, 1.165) is 23.4 Å². The number of alkyl halides is 3. The summed E-state index contributed by atoms with van der Waals surface area (Å²) in [6.07, 6.45) is -4.61. The van der Waals surface area contributed by atoms with Crippen LogP contribution in [0.2, 0.25) is 0 Å². The highest BCUT2D eigenvalue weighted by Gasteiger charge is 2.37. The van der Waals surface area contributed by atoms with Crippen LogP contribution in [0.15, 0.2) is 22.7 Å². The number of thiophene rings is 1. The Bertz CT molecular complexity index is 699. The van der Waals surface area contributed by atoms with Crippen molar-refractivity contribution in [3.8, 4) is 0 Å². The third kappa shape index (κ3) is 4.45. The normalized spacial score (nSPS) is 11.3. The number of hydrogen-bond donors (Lipinski definition) is 2. The molecule has 2 aromatic rings. The van der Waals surface area contributed by atoms with E-state index in [4.69, 9.17) is 0 Å². The van der Waals surface area contributed by atoms with Crippen LogP contribution in [0.3, 0.4) is 0 Å². The van der Waals surface area contributed by atoms with Gasteiger partial charge >= 0.3 is 6.18 Å². The second kappa shape index (κ2) is 7.00. The first-order valence-electron chi connectivity index (χ1n) is 6.01. The van der Waals surface area contributed by atoms with Crippen LogP contribution in [0.1, 0.15) is 15.5 Å². The minimum atomic E-state index is -4.61. The van der Waals surface area contributed by atoms with Crippen molar-refractivity contribution >= 4 is 34.9 Å². The Morgan fingerprint density at radius 1 is 1.35 bits per heavy atom. The van der Waals surface area contributed by atoms with Crippen molar-refractivity contribution in [2.75, 3.05) is 5.75 Å². The first-order valence-corrected chi connectivity index (χ1v) is 7.87. The van der Waals surface area contributed by atoms with E-state index < -0.39 is 23.8 Å². The van der Waals surface area contributed by atoms with Crippen LogP contribution < -0.4 is 10.9 Å². The van der Waals surface area contributed by atoms with Gasteiger partial charge in [-0.05, 0) is 11.4 Å². The Morgan fingerprint density at radius 3 is 2.65 bits per heavy atom. The van der Waals surface area contributed by atoms with Crippen molar-refractivity contribution in [2.24, 2.45) is 7.05 Å². The van der Waals surface area contributed by atoms with Gasteiger partial charge in [0.1, 0.15) is 0 Å². The molecule has 7 nitrogen and oxygen atoms in total. The van der Waals surface area contributed by atoms with Crippen molar-refractivity contribution < 1.29 is 22.8 Å². The number of nitrogens with zero attached hydrogens (tertiary/aromatic N) is 3.